The molecule has 0 aliphatic heterocycles. The normalized spacial score (nSPS) is 24.1. The highest BCUT2D eigenvalue weighted by atomic mass is 35.5. The minimum absolute atomic E-state index is 0.00985. The summed E-state index contributed by atoms with van der Waals surface area (Å²) in [5.74, 6) is -0.502. The molecule has 6 nitrogen and oxygen atoms in total. The molecule has 2 aromatic carbocycles. The Bertz CT molecular complexity index is 1160. The third kappa shape index (κ3) is 3.33. The summed E-state index contributed by atoms with van der Waals surface area (Å²) in [6.45, 7) is -0.112. The van der Waals surface area contributed by atoms with E-state index in [1.165, 1.54) is 18.5 Å². The molecule has 154 valence electrons. The lowest BCUT2D eigenvalue weighted by Crippen LogP contribution is -2.75. The van der Waals surface area contributed by atoms with Crippen LogP contribution in [0.2, 0.25) is 5.02 Å². The fraction of sp³-hybridized carbons (Fsp3) is 0.318. The Labute approximate surface area is 176 Å². The molecule has 3 saturated carbocycles. The van der Waals surface area contributed by atoms with Crippen LogP contribution in [0, 0.1) is 11.2 Å². The Kier molecular flexibility index (Phi) is 4.32. The minimum atomic E-state index is -0.582. The van der Waals surface area contributed by atoms with Crippen LogP contribution in [-0.2, 0) is 4.79 Å². The monoisotopic (exact) mass is 428 g/mol. The lowest BCUT2D eigenvalue weighted by atomic mass is 9.38. The average Bonchev–Trinajstić information content (AvgIpc) is 3.14. The highest BCUT2D eigenvalue weighted by Gasteiger charge is 2.68. The standard InChI is InChI=1S/C22H18ClFN2O4/c23-16-3-2-15(6-17(16)24)29-8-14(27)7-21-9-22(10-21,11-21)26-20(28)13-1-4-18-19(5-13)30-12-25-18/h1-6,12H,7-11H2,(H,26,28). The Balaban J connectivity index is 1.11. The van der Waals surface area contributed by atoms with Crippen LogP contribution in [0.3, 0.4) is 0 Å². The fourth-order valence-electron chi connectivity index (χ4n) is 4.83. The minimum Gasteiger partial charge on any atom is -0.486 e. The molecule has 0 atom stereocenters. The maximum atomic E-state index is 13.4. The third-order valence-electron chi connectivity index (χ3n) is 5.98. The van der Waals surface area contributed by atoms with Gasteiger partial charge in [-0.05, 0) is 55.0 Å². The van der Waals surface area contributed by atoms with Crippen molar-refractivity contribution in [2.24, 2.45) is 5.41 Å². The van der Waals surface area contributed by atoms with Crippen molar-refractivity contribution < 1.29 is 23.1 Å². The number of amides is 1. The van der Waals surface area contributed by atoms with E-state index in [-0.39, 0.29) is 40.0 Å². The summed E-state index contributed by atoms with van der Waals surface area (Å²) in [6.07, 6.45) is 4.07. The van der Waals surface area contributed by atoms with Gasteiger partial charge >= 0.3 is 0 Å². The number of halogens is 2. The van der Waals surface area contributed by atoms with E-state index in [0.717, 1.165) is 25.3 Å². The third-order valence-corrected chi connectivity index (χ3v) is 6.28. The largest absolute Gasteiger partial charge is 0.486 e. The Morgan fingerprint density at radius 1 is 1.20 bits per heavy atom. The smallest absolute Gasteiger partial charge is 0.251 e. The van der Waals surface area contributed by atoms with E-state index in [2.05, 4.69) is 10.3 Å². The molecule has 0 saturated heterocycles. The highest BCUT2D eigenvalue weighted by Crippen LogP contribution is 2.69. The molecule has 1 amide bonds. The van der Waals surface area contributed by atoms with Gasteiger partial charge in [0.15, 0.2) is 17.8 Å². The predicted octanol–water partition coefficient (Wildman–Crippen LogP) is 4.31. The molecule has 0 spiro atoms. The Hall–Kier alpha value is -2.93. The molecule has 30 heavy (non-hydrogen) atoms. The molecule has 3 aromatic rings. The molecule has 2 bridgehead atoms. The van der Waals surface area contributed by atoms with E-state index in [9.17, 15) is 14.0 Å². The van der Waals surface area contributed by atoms with Gasteiger partial charge in [0.1, 0.15) is 23.7 Å². The van der Waals surface area contributed by atoms with Crippen LogP contribution in [0.4, 0.5) is 4.39 Å². The van der Waals surface area contributed by atoms with Crippen LogP contribution in [-0.4, -0.2) is 28.8 Å². The van der Waals surface area contributed by atoms with Gasteiger partial charge in [-0.2, -0.15) is 0 Å². The molecule has 0 unspecified atom stereocenters. The SMILES string of the molecule is O=C(COc1ccc(Cl)c(F)c1)CC12CC(NC(=O)c3ccc4ncoc4c3)(C1)C2. The van der Waals surface area contributed by atoms with Crippen LogP contribution >= 0.6 is 11.6 Å². The second-order valence-electron chi connectivity index (χ2n) is 8.38. The zero-order chi connectivity index (χ0) is 20.9. The van der Waals surface area contributed by atoms with E-state index in [4.69, 9.17) is 20.8 Å². The number of nitrogens with one attached hydrogen (secondary N) is 1. The van der Waals surface area contributed by atoms with Crippen molar-refractivity contribution in [3.05, 3.63) is 59.2 Å². The average molecular weight is 429 g/mol. The number of ketones is 1. The molecule has 1 N–H and O–H groups in total. The molecule has 3 aliphatic rings. The van der Waals surface area contributed by atoms with E-state index in [0.29, 0.717) is 23.1 Å². The first kappa shape index (κ1) is 19.1. The van der Waals surface area contributed by atoms with Gasteiger partial charge in [0.25, 0.3) is 5.91 Å². The Morgan fingerprint density at radius 3 is 2.77 bits per heavy atom. The summed E-state index contributed by atoms with van der Waals surface area (Å²) in [4.78, 5) is 28.9. The first-order valence-electron chi connectivity index (χ1n) is 9.61. The van der Waals surface area contributed by atoms with Crippen molar-refractivity contribution in [2.75, 3.05) is 6.61 Å². The van der Waals surface area contributed by atoms with Crippen molar-refractivity contribution in [1.29, 1.82) is 0 Å². The van der Waals surface area contributed by atoms with Gasteiger partial charge in [-0.25, -0.2) is 9.37 Å². The second-order valence-corrected chi connectivity index (χ2v) is 8.79. The first-order chi connectivity index (χ1) is 14.4. The molecule has 1 aromatic heterocycles. The number of fused-ring (bicyclic) bond motifs is 1. The van der Waals surface area contributed by atoms with Crippen LogP contribution in [0.5, 0.6) is 5.75 Å². The summed E-state index contributed by atoms with van der Waals surface area (Å²) in [7, 11) is 0. The van der Waals surface area contributed by atoms with Crippen molar-refractivity contribution in [3.63, 3.8) is 0 Å². The summed E-state index contributed by atoms with van der Waals surface area (Å²) >= 11 is 5.64. The van der Waals surface area contributed by atoms with Crippen LogP contribution < -0.4 is 10.1 Å². The van der Waals surface area contributed by atoms with E-state index in [1.54, 1.807) is 18.2 Å². The van der Waals surface area contributed by atoms with Gasteiger partial charge in [0.2, 0.25) is 0 Å². The Morgan fingerprint density at radius 2 is 2.00 bits per heavy atom. The number of carbonyl (C=O) groups is 2. The summed E-state index contributed by atoms with van der Waals surface area (Å²) in [5, 5.41) is 3.11. The molecule has 3 aliphatic carbocycles. The van der Waals surface area contributed by atoms with E-state index >= 15 is 0 Å². The number of nitrogens with zero attached hydrogens (tertiary/aromatic N) is 1. The van der Waals surface area contributed by atoms with E-state index in [1.807, 2.05) is 0 Å². The van der Waals surface area contributed by atoms with E-state index < -0.39 is 5.82 Å². The number of ether oxygens (including phenoxy) is 1. The number of oxazole rings is 1. The van der Waals surface area contributed by atoms with Gasteiger partial charge < -0.3 is 14.5 Å². The van der Waals surface area contributed by atoms with Crippen molar-refractivity contribution in [3.8, 4) is 5.75 Å². The van der Waals surface area contributed by atoms with Crippen molar-refractivity contribution in [1.82, 2.24) is 10.3 Å². The molecular formula is C22H18ClFN2O4. The zero-order valence-corrected chi connectivity index (χ0v) is 16.7. The summed E-state index contributed by atoms with van der Waals surface area (Å²) in [5.41, 5.74) is 1.51. The van der Waals surface area contributed by atoms with Crippen LogP contribution in [0.25, 0.3) is 11.1 Å². The summed E-state index contributed by atoms with van der Waals surface area (Å²) < 4.78 is 24.1. The topological polar surface area (TPSA) is 81.4 Å². The fourth-order valence-corrected chi connectivity index (χ4v) is 4.94. The molecular weight excluding hydrogens is 411 g/mol. The van der Waals surface area contributed by atoms with Crippen LogP contribution in [0.1, 0.15) is 36.0 Å². The maximum absolute atomic E-state index is 13.4. The quantitative estimate of drug-likeness (QED) is 0.606. The van der Waals surface area contributed by atoms with Crippen LogP contribution in [0.15, 0.2) is 47.2 Å². The highest BCUT2D eigenvalue weighted by molar-refractivity contribution is 6.30. The van der Waals surface area contributed by atoms with Crippen molar-refractivity contribution >= 4 is 34.4 Å². The first-order valence-corrected chi connectivity index (χ1v) is 9.99. The molecule has 6 rings (SSSR count). The molecule has 8 heteroatoms. The van der Waals surface area contributed by atoms with Gasteiger partial charge in [-0.1, -0.05) is 11.6 Å². The number of carbonyl (C=O) groups excluding carboxylic acids is 2. The summed E-state index contributed by atoms with van der Waals surface area (Å²) in [6, 6.07) is 9.24. The predicted molar refractivity (Wildman–Crippen MR) is 107 cm³/mol. The number of benzene rings is 2. The van der Waals surface area contributed by atoms with Gasteiger partial charge in [0.05, 0.1) is 5.02 Å². The molecule has 0 radical (unpaired) electrons. The van der Waals surface area contributed by atoms with Gasteiger partial charge in [-0.3, -0.25) is 9.59 Å². The second kappa shape index (κ2) is 6.80. The lowest BCUT2D eigenvalue weighted by molar-refractivity contribution is -0.162. The van der Waals surface area contributed by atoms with Crippen molar-refractivity contribution in [2.45, 2.75) is 31.2 Å². The number of hydrogen-bond acceptors (Lipinski definition) is 5. The number of hydrogen-bond donors (Lipinski definition) is 1. The van der Waals surface area contributed by atoms with Gasteiger partial charge in [-0.15, -0.1) is 0 Å². The molecule has 1 heterocycles. The number of Topliss-reactive ketones (excluding diaryl/α,β-unsaturated/α-hetero) is 1. The number of rotatable bonds is 7. The lowest BCUT2D eigenvalue weighted by Gasteiger charge is -2.70. The zero-order valence-electron chi connectivity index (χ0n) is 15.9. The molecule has 3 fully saturated rings. The number of aromatic nitrogens is 1. The maximum Gasteiger partial charge on any atom is 0.251 e. The van der Waals surface area contributed by atoms with Gasteiger partial charge in [0, 0.05) is 23.6 Å².